The van der Waals surface area contributed by atoms with Gasteiger partial charge in [0.05, 0.1) is 5.69 Å². The standard InChI is InChI=1S/C16H19FN4O.ClH/c1-10-5-11(2)21(20-10)15-4-3-13(6-14(15)17)16(22)19-9-12-7-18-8-12;/h3-6,12,18H,7-9H2,1-2H3,(H,19,22);1H. The van der Waals surface area contributed by atoms with Crippen LogP contribution in [0.2, 0.25) is 0 Å². The van der Waals surface area contributed by atoms with E-state index in [2.05, 4.69) is 15.7 Å². The maximum Gasteiger partial charge on any atom is 0.251 e. The van der Waals surface area contributed by atoms with E-state index in [0.29, 0.717) is 23.7 Å². The minimum absolute atomic E-state index is 0. The average Bonchev–Trinajstić information content (AvgIpc) is 2.75. The topological polar surface area (TPSA) is 59.0 Å². The smallest absolute Gasteiger partial charge is 0.251 e. The molecule has 0 bridgehead atoms. The summed E-state index contributed by atoms with van der Waals surface area (Å²) in [7, 11) is 0. The Morgan fingerprint density at radius 3 is 2.65 bits per heavy atom. The molecule has 0 aliphatic carbocycles. The lowest BCUT2D eigenvalue weighted by atomic mass is 10.0. The largest absolute Gasteiger partial charge is 0.352 e. The summed E-state index contributed by atoms with van der Waals surface area (Å²) in [4.78, 5) is 12.0. The zero-order chi connectivity index (χ0) is 15.7. The highest BCUT2D eigenvalue weighted by Crippen LogP contribution is 2.17. The zero-order valence-electron chi connectivity index (χ0n) is 13.1. The number of hydrogen-bond acceptors (Lipinski definition) is 3. The van der Waals surface area contributed by atoms with E-state index < -0.39 is 5.82 Å². The van der Waals surface area contributed by atoms with Crippen molar-refractivity contribution in [3.8, 4) is 5.69 Å². The summed E-state index contributed by atoms with van der Waals surface area (Å²) < 4.78 is 15.9. The average molecular weight is 339 g/mol. The Balaban J connectivity index is 0.00000192. The highest BCUT2D eigenvalue weighted by Gasteiger charge is 2.18. The number of nitrogens with one attached hydrogen (secondary N) is 2. The van der Waals surface area contributed by atoms with Crippen molar-refractivity contribution in [1.29, 1.82) is 0 Å². The number of aromatic nitrogens is 2. The van der Waals surface area contributed by atoms with Crippen molar-refractivity contribution >= 4 is 18.3 Å². The van der Waals surface area contributed by atoms with Gasteiger partial charge in [-0.15, -0.1) is 12.4 Å². The number of benzene rings is 1. The number of carbonyl (C=O) groups excluding carboxylic acids is 1. The number of rotatable bonds is 4. The van der Waals surface area contributed by atoms with Crippen LogP contribution in [0.4, 0.5) is 4.39 Å². The Kier molecular flexibility index (Phi) is 5.38. The Hall–Kier alpha value is -1.92. The monoisotopic (exact) mass is 338 g/mol. The van der Waals surface area contributed by atoms with E-state index in [4.69, 9.17) is 0 Å². The van der Waals surface area contributed by atoms with E-state index >= 15 is 0 Å². The van der Waals surface area contributed by atoms with Crippen molar-refractivity contribution in [2.45, 2.75) is 13.8 Å². The molecule has 1 fully saturated rings. The van der Waals surface area contributed by atoms with Crippen molar-refractivity contribution in [3.63, 3.8) is 0 Å². The molecule has 1 saturated heterocycles. The van der Waals surface area contributed by atoms with Crippen molar-refractivity contribution in [1.82, 2.24) is 20.4 Å². The summed E-state index contributed by atoms with van der Waals surface area (Å²) in [6.45, 7) is 6.19. The van der Waals surface area contributed by atoms with Gasteiger partial charge in [-0.3, -0.25) is 4.79 Å². The number of amides is 1. The normalized spacial score (nSPS) is 14.0. The van der Waals surface area contributed by atoms with Gasteiger partial charge in [0.25, 0.3) is 5.91 Å². The lowest BCUT2D eigenvalue weighted by Crippen LogP contribution is -2.48. The first kappa shape index (κ1) is 17.4. The highest BCUT2D eigenvalue weighted by molar-refractivity contribution is 5.94. The molecule has 2 aromatic rings. The first-order valence-electron chi connectivity index (χ1n) is 7.36. The van der Waals surface area contributed by atoms with Crippen molar-refractivity contribution in [3.05, 3.63) is 47.0 Å². The van der Waals surface area contributed by atoms with Crippen LogP contribution >= 0.6 is 12.4 Å². The minimum Gasteiger partial charge on any atom is -0.352 e. The van der Waals surface area contributed by atoms with E-state index in [1.807, 2.05) is 19.9 Å². The van der Waals surface area contributed by atoms with Gasteiger partial charge in [0.15, 0.2) is 0 Å². The molecule has 1 aliphatic heterocycles. The Morgan fingerprint density at radius 2 is 2.13 bits per heavy atom. The molecule has 0 radical (unpaired) electrons. The van der Waals surface area contributed by atoms with Gasteiger partial charge < -0.3 is 10.6 Å². The fourth-order valence-electron chi connectivity index (χ4n) is 2.52. The van der Waals surface area contributed by atoms with Crippen LogP contribution in [0.5, 0.6) is 0 Å². The van der Waals surface area contributed by atoms with Gasteiger partial charge in [-0.25, -0.2) is 9.07 Å². The number of hydrogen-bond donors (Lipinski definition) is 2. The van der Waals surface area contributed by atoms with Crippen LogP contribution in [0.1, 0.15) is 21.7 Å². The molecule has 2 N–H and O–H groups in total. The van der Waals surface area contributed by atoms with E-state index in [9.17, 15) is 9.18 Å². The van der Waals surface area contributed by atoms with Crippen LogP contribution < -0.4 is 10.6 Å². The minimum atomic E-state index is -0.454. The highest BCUT2D eigenvalue weighted by atomic mass is 35.5. The van der Waals surface area contributed by atoms with Crippen molar-refractivity contribution in [2.75, 3.05) is 19.6 Å². The molecular formula is C16H20ClFN4O. The lowest BCUT2D eigenvalue weighted by molar-refractivity contribution is 0.0942. The molecule has 1 aromatic carbocycles. The number of carbonyl (C=O) groups is 1. The summed E-state index contributed by atoms with van der Waals surface area (Å²) in [5.41, 5.74) is 2.36. The van der Waals surface area contributed by atoms with E-state index in [-0.39, 0.29) is 18.3 Å². The third-order valence-corrected chi connectivity index (χ3v) is 3.86. The number of nitrogens with zero attached hydrogens (tertiary/aromatic N) is 2. The summed E-state index contributed by atoms with van der Waals surface area (Å²) in [6, 6.07) is 6.37. The molecule has 0 saturated carbocycles. The zero-order valence-corrected chi connectivity index (χ0v) is 13.9. The lowest BCUT2D eigenvalue weighted by Gasteiger charge is -2.27. The van der Waals surface area contributed by atoms with Crippen molar-refractivity contribution < 1.29 is 9.18 Å². The Labute approximate surface area is 140 Å². The molecule has 3 rings (SSSR count). The third-order valence-electron chi connectivity index (χ3n) is 3.86. The second-order valence-corrected chi connectivity index (χ2v) is 5.74. The Morgan fingerprint density at radius 1 is 1.39 bits per heavy atom. The quantitative estimate of drug-likeness (QED) is 0.896. The number of aryl methyl sites for hydroxylation is 2. The van der Waals surface area contributed by atoms with E-state index in [1.54, 1.807) is 16.8 Å². The molecule has 7 heteroatoms. The van der Waals surface area contributed by atoms with Gasteiger partial charge in [-0.1, -0.05) is 0 Å². The van der Waals surface area contributed by atoms with Crippen LogP contribution in [0.15, 0.2) is 24.3 Å². The molecule has 0 spiro atoms. The van der Waals surface area contributed by atoms with Crippen molar-refractivity contribution in [2.24, 2.45) is 5.92 Å². The van der Waals surface area contributed by atoms with Crippen LogP contribution in [0, 0.1) is 25.6 Å². The maximum atomic E-state index is 14.3. The first-order chi connectivity index (χ1) is 10.5. The molecule has 1 aliphatic rings. The maximum absolute atomic E-state index is 14.3. The summed E-state index contributed by atoms with van der Waals surface area (Å²) in [5.74, 6) is -0.224. The van der Waals surface area contributed by atoms with E-state index in [1.165, 1.54) is 6.07 Å². The van der Waals surface area contributed by atoms with Gasteiger partial charge >= 0.3 is 0 Å². The molecule has 2 heterocycles. The van der Waals surface area contributed by atoms with Gasteiger partial charge in [0, 0.05) is 36.8 Å². The van der Waals surface area contributed by atoms with Gasteiger partial charge in [0.2, 0.25) is 0 Å². The summed E-state index contributed by atoms with van der Waals surface area (Å²) in [5, 5.41) is 10.2. The predicted octanol–water partition coefficient (Wildman–Crippen LogP) is 2.00. The molecule has 1 amide bonds. The predicted molar refractivity (Wildman–Crippen MR) is 88.9 cm³/mol. The van der Waals surface area contributed by atoms with Gasteiger partial charge in [0.1, 0.15) is 11.5 Å². The second-order valence-electron chi connectivity index (χ2n) is 5.74. The van der Waals surface area contributed by atoms with E-state index in [0.717, 1.165) is 24.5 Å². The van der Waals surface area contributed by atoms with Crippen LogP contribution in [0.3, 0.4) is 0 Å². The molecule has 0 unspecified atom stereocenters. The molecule has 1 aromatic heterocycles. The first-order valence-corrected chi connectivity index (χ1v) is 7.36. The SMILES string of the molecule is Cc1cc(C)n(-c2ccc(C(=O)NCC3CNC3)cc2F)n1.Cl. The fraction of sp³-hybridized carbons (Fsp3) is 0.375. The summed E-state index contributed by atoms with van der Waals surface area (Å²) in [6.07, 6.45) is 0. The van der Waals surface area contributed by atoms with Crippen LogP contribution in [0.25, 0.3) is 5.69 Å². The van der Waals surface area contributed by atoms with Crippen LogP contribution in [-0.2, 0) is 0 Å². The molecule has 23 heavy (non-hydrogen) atoms. The molecule has 0 atom stereocenters. The van der Waals surface area contributed by atoms with Crippen LogP contribution in [-0.4, -0.2) is 35.3 Å². The molecular weight excluding hydrogens is 319 g/mol. The molecule has 124 valence electrons. The van der Waals surface area contributed by atoms with Gasteiger partial charge in [-0.05, 0) is 38.1 Å². The van der Waals surface area contributed by atoms with Gasteiger partial charge in [-0.2, -0.15) is 5.10 Å². The second kappa shape index (κ2) is 7.10. The fourth-order valence-corrected chi connectivity index (χ4v) is 2.52. The third kappa shape index (κ3) is 3.71. The summed E-state index contributed by atoms with van der Waals surface area (Å²) >= 11 is 0. The molecule has 5 nitrogen and oxygen atoms in total. The Bertz CT molecular complexity index is 712. The number of halogens is 2.